The van der Waals surface area contributed by atoms with Gasteiger partial charge in [0, 0.05) is 19.3 Å². The predicted octanol–water partition coefficient (Wildman–Crippen LogP) is 0.749. The van der Waals surface area contributed by atoms with Crippen molar-refractivity contribution in [2.45, 2.75) is 24.8 Å². The number of pyridine rings is 1. The van der Waals surface area contributed by atoms with E-state index in [4.69, 9.17) is 5.73 Å². The largest absolute Gasteiger partial charge is 0.330 e. The van der Waals surface area contributed by atoms with E-state index in [-0.39, 0.29) is 10.9 Å². The minimum atomic E-state index is -3.46. The molecule has 1 saturated heterocycles. The van der Waals surface area contributed by atoms with Crippen LogP contribution in [0.4, 0.5) is 0 Å². The highest BCUT2D eigenvalue weighted by Crippen LogP contribution is 2.22. The van der Waals surface area contributed by atoms with Crippen LogP contribution in [-0.2, 0) is 10.0 Å². The second-order valence-electron chi connectivity index (χ2n) is 4.78. The maximum absolute atomic E-state index is 12.4. The number of nitrogens with two attached hydrogens (primary N) is 1. The monoisotopic (exact) mass is 269 g/mol. The molecule has 2 N–H and O–H groups in total. The molecule has 5 nitrogen and oxygen atoms in total. The molecule has 1 aliphatic heterocycles. The van der Waals surface area contributed by atoms with E-state index in [0.29, 0.717) is 19.6 Å². The number of rotatable bonds is 3. The topological polar surface area (TPSA) is 76.3 Å². The van der Waals surface area contributed by atoms with E-state index in [2.05, 4.69) is 4.98 Å². The van der Waals surface area contributed by atoms with Crippen LogP contribution in [0.3, 0.4) is 0 Å². The Bertz CT molecular complexity index is 499. The van der Waals surface area contributed by atoms with Crippen LogP contribution in [0, 0.1) is 12.8 Å². The number of nitrogens with zero attached hydrogens (tertiary/aromatic N) is 2. The van der Waals surface area contributed by atoms with Gasteiger partial charge in [0.05, 0.1) is 0 Å². The highest BCUT2D eigenvalue weighted by Gasteiger charge is 2.30. The van der Waals surface area contributed by atoms with E-state index in [1.807, 2.05) is 6.92 Å². The van der Waals surface area contributed by atoms with Crippen molar-refractivity contribution >= 4 is 10.0 Å². The maximum atomic E-state index is 12.4. The van der Waals surface area contributed by atoms with Crippen LogP contribution in [-0.4, -0.2) is 37.3 Å². The summed E-state index contributed by atoms with van der Waals surface area (Å²) in [5.74, 6) is 0.263. The third-order valence-electron chi connectivity index (χ3n) is 3.30. The predicted molar refractivity (Wildman–Crippen MR) is 69.5 cm³/mol. The molecular weight excluding hydrogens is 250 g/mol. The Balaban J connectivity index is 2.22. The quantitative estimate of drug-likeness (QED) is 0.878. The smallest absolute Gasteiger partial charge is 0.260 e. The molecule has 1 aromatic heterocycles. The summed E-state index contributed by atoms with van der Waals surface area (Å²) in [4.78, 5) is 4.02. The summed E-state index contributed by atoms with van der Waals surface area (Å²) >= 11 is 0. The van der Waals surface area contributed by atoms with Crippen molar-refractivity contribution in [1.82, 2.24) is 9.29 Å². The van der Waals surface area contributed by atoms with Gasteiger partial charge in [0.15, 0.2) is 5.03 Å². The zero-order valence-electron chi connectivity index (χ0n) is 10.5. The molecule has 1 fully saturated rings. The van der Waals surface area contributed by atoms with Gasteiger partial charge in [0.2, 0.25) is 0 Å². The van der Waals surface area contributed by atoms with Crippen molar-refractivity contribution < 1.29 is 8.42 Å². The summed E-state index contributed by atoms with van der Waals surface area (Å²) in [6, 6.07) is 3.33. The second-order valence-corrected chi connectivity index (χ2v) is 6.67. The molecule has 1 aliphatic rings. The lowest BCUT2D eigenvalue weighted by Gasteiger charge is -2.30. The van der Waals surface area contributed by atoms with Gasteiger partial charge in [-0.1, -0.05) is 6.07 Å². The number of sulfonamides is 1. The van der Waals surface area contributed by atoms with E-state index >= 15 is 0 Å². The zero-order chi connectivity index (χ0) is 13.2. The fourth-order valence-electron chi connectivity index (χ4n) is 2.18. The molecule has 0 bridgehead atoms. The standard InChI is InChI=1S/C12H19N3O2S/c1-10-4-5-12(14-8-10)18(16,17)15-6-2-3-11(7-13)9-15/h4-5,8,11H,2-3,6-7,9,13H2,1H3/t11-/m1/s1. The van der Waals surface area contributed by atoms with Crippen molar-refractivity contribution in [2.24, 2.45) is 11.7 Å². The van der Waals surface area contributed by atoms with Gasteiger partial charge in [-0.25, -0.2) is 13.4 Å². The van der Waals surface area contributed by atoms with Gasteiger partial charge in [-0.15, -0.1) is 0 Å². The maximum Gasteiger partial charge on any atom is 0.260 e. The molecule has 100 valence electrons. The van der Waals surface area contributed by atoms with Gasteiger partial charge in [-0.2, -0.15) is 4.31 Å². The normalized spacial score (nSPS) is 22.0. The average molecular weight is 269 g/mol. The summed E-state index contributed by atoms with van der Waals surface area (Å²) < 4.78 is 26.3. The molecular formula is C12H19N3O2S. The summed E-state index contributed by atoms with van der Waals surface area (Å²) in [6.07, 6.45) is 3.45. The fraction of sp³-hybridized carbons (Fsp3) is 0.583. The summed E-state index contributed by atoms with van der Waals surface area (Å²) in [5.41, 5.74) is 6.58. The van der Waals surface area contributed by atoms with E-state index in [1.54, 1.807) is 18.3 Å². The van der Waals surface area contributed by atoms with Crippen LogP contribution in [0.2, 0.25) is 0 Å². The number of hydrogen-bond acceptors (Lipinski definition) is 4. The average Bonchev–Trinajstić information content (AvgIpc) is 2.39. The third-order valence-corrected chi connectivity index (χ3v) is 5.09. The Hall–Kier alpha value is -0.980. The van der Waals surface area contributed by atoms with Crippen molar-refractivity contribution in [2.75, 3.05) is 19.6 Å². The molecule has 1 aromatic rings. The van der Waals surface area contributed by atoms with Crippen molar-refractivity contribution in [3.8, 4) is 0 Å². The highest BCUT2D eigenvalue weighted by molar-refractivity contribution is 7.89. The molecule has 0 aromatic carbocycles. The first-order valence-corrected chi connectivity index (χ1v) is 7.61. The van der Waals surface area contributed by atoms with Gasteiger partial charge >= 0.3 is 0 Å². The van der Waals surface area contributed by atoms with Crippen LogP contribution >= 0.6 is 0 Å². The Morgan fingerprint density at radius 3 is 2.89 bits per heavy atom. The second kappa shape index (κ2) is 5.34. The van der Waals surface area contributed by atoms with Crippen LogP contribution in [0.5, 0.6) is 0 Å². The molecule has 1 atom stereocenters. The number of hydrogen-bond donors (Lipinski definition) is 1. The number of aromatic nitrogens is 1. The first-order valence-electron chi connectivity index (χ1n) is 6.17. The molecule has 0 saturated carbocycles. The molecule has 0 aliphatic carbocycles. The van der Waals surface area contributed by atoms with E-state index in [0.717, 1.165) is 18.4 Å². The van der Waals surface area contributed by atoms with E-state index in [1.165, 1.54) is 4.31 Å². The third kappa shape index (κ3) is 2.71. The van der Waals surface area contributed by atoms with Gasteiger partial charge < -0.3 is 5.73 Å². The SMILES string of the molecule is Cc1ccc(S(=O)(=O)N2CCC[C@H](CN)C2)nc1. The Kier molecular flexibility index (Phi) is 3.99. The van der Waals surface area contributed by atoms with Crippen LogP contribution < -0.4 is 5.73 Å². The van der Waals surface area contributed by atoms with Gasteiger partial charge in [-0.3, -0.25) is 0 Å². The van der Waals surface area contributed by atoms with E-state index in [9.17, 15) is 8.42 Å². The first-order chi connectivity index (χ1) is 8.54. The minimum Gasteiger partial charge on any atom is -0.330 e. The van der Waals surface area contributed by atoms with Crippen molar-refractivity contribution in [3.63, 3.8) is 0 Å². The minimum absolute atomic E-state index is 0.130. The Labute approximate surface area is 108 Å². The van der Waals surface area contributed by atoms with E-state index < -0.39 is 10.0 Å². The lowest BCUT2D eigenvalue weighted by Crippen LogP contribution is -2.42. The molecule has 2 rings (SSSR count). The van der Waals surface area contributed by atoms with Gasteiger partial charge in [0.1, 0.15) is 0 Å². The molecule has 6 heteroatoms. The highest BCUT2D eigenvalue weighted by atomic mass is 32.2. The molecule has 2 heterocycles. The lowest BCUT2D eigenvalue weighted by molar-refractivity contribution is 0.271. The van der Waals surface area contributed by atoms with Crippen molar-refractivity contribution in [3.05, 3.63) is 23.9 Å². The summed E-state index contributed by atoms with van der Waals surface area (Å²) in [6.45, 7) is 3.49. The summed E-state index contributed by atoms with van der Waals surface area (Å²) in [5, 5.41) is 0.130. The number of aryl methyl sites for hydroxylation is 1. The first kappa shape index (κ1) is 13.5. The van der Waals surface area contributed by atoms with Gasteiger partial charge in [-0.05, 0) is 43.9 Å². The lowest BCUT2D eigenvalue weighted by atomic mass is 10.0. The van der Waals surface area contributed by atoms with Crippen LogP contribution in [0.1, 0.15) is 18.4 Å². The molecule has 18 heavy (non-hydrogen) atoms. The zero-order valence-corrected chi connectivity index (χ0v) is 11.4. The van der Waals surface area contributed by atoms with Crippen LogP contribution in [0.25, 0.3) is 0 Å². The Morgan fingerprint density at radius 2 is 2.28 bits per heavy atom. The fourth-order valence-corrected chi connectivity index (χ4v) is 3.64. The van der Waals surface area contributed by atoms with Gasteiger partial charge in [0.25, 0.3) is 10.0 Å². The molecule has 0 unspecified atom stereocenters. The molecule has 0 amide bonds. The Morgan fingerprint density at radius 1 is 1.50 bits per heavy atom. The number of piperidine rings is 1. The molecule has 0 radical (unpaired) electrons. The van der Waals surface area contributed by atoms with Crippen molar-refractivity contribution in [1.29, 1.82) is 0 Å². The van der Waals surface area contributed by atoms with Crippen LogP contribution in [0.15, 0.2) is 23.4 Å². The molecule has 0 spiro atoms. The summed E-state index contributed by atoms with van der Waals surface area (Å²) in [7, 11) is -3.46.